The van der Waals surface area contributed by atoms with Crippen LogP contribution in [0.5, 0.6) is 11.5 Å². The second-order valence-electron chi connectivity index (χ2n) is 5.98. The van der Waals surface area contributed by atoms with Crippen LogP contribution in [-0.4, -0.2) is 41.4 Å². The van der Waals surface area contributed by atoms with E-state index in [9.17, 15) is 8.78 Å². The lowest BCUT2D eigenvalue weighted by Crippen LogP contribution is -2.37. The number of hydrogen-bond donors (Lipinski definition) is 3. The zero-order chi connectivity index (χ0) is 21.3. The van der Waals surface area contributed by atoms with Crippen LogP contribution in [0.15, 0.2) is 46.0 Å². The van der Waals surface area contributed by atoms with E-state index in [0.717, 1.165) is 0 Å². The second-order valence-corrected chi connectivity index (χ2v) is 5.98. The molecule has 0 aliphatic carbocycles. The first kappa shape index (κ1) is 24.4. The van der Waals surface area contributed by atoms with Crippen molar-refractivity contribution < 1.29 is 22.7 Å². The van der Waals surface area contributed by atoms with Crippen molar-refractivity contribution in [3.05, 3.63) is 48.0 Å². The average Bonchev–Trinajstić information content (AvgIpc) is 3.42. The predicted molar refractivity (Wildman–Crippen MR) is 121 cm³/mol. The molecule has 0 radical (unpaired) electrons. The number of hydrogen-bond acceptors (Lipinski definition) is 6. The molecule has 0 saturated carbocycles. The Morgan fingerprint density at radius 3 is 2.81 bits per heavy atom. The molecule has 0 fully saturated rings. The first-order chi connectivity index (χ1) is 14.6. The molecule has 0 amide bonds. The number of halogens is 3. The number of aromatic nitrogens is 3. The number of aliphatic imine (C=N–C) groups is 1. The van der Waals surface area contributed by atoms with E-state index in [4.69, 9.17) is 9.15 Å². The molecule has 2 aromatic heterocycles. The fraction of sp³-hybridized carbons (Fsp3) is 0.316. The number of furan rings is 1. The lowest BCUT2D eigenvalue weighted by atomic mass is 10.2. The van der Waals surface area contributed by atoms with Crippen LogP contribution in [0.4, 0.5) is 8.78 Å². The highest BCUT2D eigenvalue weighted by Gasteiger charge is 2.12. The van der Waals surface area contributed by atoms with Gasteiger partial charge in [-0.25, -0.2) is 9.98 Å². The quantitative estimate of drug-likeness (QED) is 0.213. The van der Waals surface area contributed by atoms with E-state index in [0.29, 0.717) is 47.8 Å². The molecule has 0 saturated heterocycles. The summed E-state index contributed by atoms with van der Waals surface area (Å²) in [6, 6.07) is 8.11. The Morgan fingerprint density at radius 1 is 1.29 bits per heavy atom. The number of rotatable bonds is 9. The smallest absolute Gasteiger partial charge is 0.387 e. The van der Waals surface area contributed by atoms with Crippen LogP contribution in [0, 0.1) is 0 Å². The third kappa shape index (κ3) is 7.08. The van der Waals surface area contributed by atoms with Gasteiger partial charge in [0.15, 0.2) is 11.7 Å². The van der Waals surface area contributed by atoms with Gasteiger partial charge in [-0.3, -0.25) is 5.10 Å². The largest absolute Gasteiger partial charge is 0.497 e. The highest BCUT2D eigenvalue weighted by atomic mass is 127. The third-order valence-electron chi connectivity index (χ3n) is 3.93. The van der Waals surface area contributed by atoms with Gasteiger partial charge in [0, 0.05) is 12.1 Å². The zero-order valence-corrected chi connectivity index (χ0v) is 19.2. The van der Waals surface area contributed by atoms with Gasteiger partial charge in [-0.15, -0.1) is 29.1 Å². The monoisotopic (exact) mass is 548 g/mol. The van der Waals surface area contributed by atoms with E-state index < -0.39 is 6.61 Å². The third-order valence-corrected chi connectivity index (χ3v) is 3.93. The minimum Gasteiger partial charge on any atom is -0.497 e. The zero-order valence-electron chi connectivity index (χ0n) is 16.9. The first-order valence-electron chi connectivity index (χ1n) is 9.18. The van der Waals surface area contributed by atoms with Crippen molar-refractivity contribution in [1.82, 2.24) is 25.8 Å². The molecule has 3 rings (SSSR count). The van der Waals surface area contributed by atoms with E-state index in [1.54, 1.807) is 30.5 Å². The highest BCUT2D eigenvalue weighted by Crippen LogP contribution is 2.26. The summed E-state index contributed by atoms with van der Waals surface area (Å²) in [7, 11) is 1.50. The molecule has 3 N–H and O–H groups in total. The van der Waals surface area contributed by atoms with Crippen LogP contribution in [0.1, 0.15) is 18.3 Å². The Hall–Kier alpha value is -2.90. The number of benzene rings is 1. The predicted octanol–water partition coefficient (Wildman–Crippen LogP) is 3.55. The van der Waals surface area contributed by atoms with E-state index in [-0.39, 0.29) is 36.3 Å². The molecular formula is C19H23F2IN6O3. The molecular weight excluding hydrogens is 525 g/mol. The Morgan fingerprint density at radius 2 is 2.13 bits per heavy atom. The number of alkyl halides is 2. The fourth-order valence-corrected chi connectivity index (χ4v) is 2.58. The van der Waals surface area contributed by atoms with E-state index >= 15 is 0 Å². The molecule has 0 aliphatic heterocycles. The topological polar surface area (TPSA) is 110 Å². The molecule has 0 unspecified atom stereocenters. The molecule has 0 spiro atoms. The summed E-state index contributed by atoms with van der Waals surface area (Å²) in [5.41, 5.74) is 0.464. The SMILES string of the molecule is CCNC(=NCc1cc(OC)ccc1OC(F)F)NCc1nc(-c2ccco2)n[nH]1.I. The summed E-state index contributed by atoms with van der Waals surface area (Å²) in [6.07, 6.45) is 1.55. The van der Waals surface area contributed by atoms with Crippen molar-refractivity contribution in [2.45, 2.75) is 26.6 Å². The van der Waals surface area contributed by atoms with E-state index in [1.165, 1.54) is 13.2 Å². The average molecular weight is 548 g/mol. The summed E-state index contributed by atoms with van der Waals surface area (Å²) < 4.78 is 40.4. The van der Waals surface area contributed by atoms with Crippen LogP contribution in [0.25, 0.3) is 11.6 Å². The number of H-pyrrole nitrogens is 1. The second kappa shape index (κ2) is 12.1. The van der Waals surface area contributed by atoms with Crippen molar-refractivity contribution in [3.8, 4) is 23.1 Å². The molecule has 0 bridgehead atoms. The van der Waals surface area contributed by atoms with Crippen LogP contribution in [-0.2, 0) is 13.1 Å². The lowest BCUT2D eigenvalue weighted by Gasteiger charge is -2.13. The Kier molecular flexibility index (Phi) is 9.49. The van der Waals surface area contributed by atoms with E-state index in [1.807, 2.05) is 6.92 Å². The lowest BCUT2D eigenvalue weighted by molar-refractivity contribution is -0.0504. The van der Waals surface area contributed by atoms with Gasteiger partial charge in [0.2, 0.25) is 5.82 Å². The maximum absolute atomic E-state index is 12.7. The van der Waals surface area contributed by atoms with Crippen molar-refractivity contribution in [2.24, 2.45) is 4.99 Å². The molecule has 3 aromatic rings. The Labute approximate surface area is 194 Å². The molecule has 0 atom stereocenters. The minimum absolute atomic E-state index is 0. The van der Waals surface area contributed by atoms with Gasteiger partial charge >= 0.3 is 6.61 Å². The van der Waals surface area contributed by atoms with Gasteiger partial charge in [-0.2, -0.15) is 8.78 Å². The van der Waals surface area contributed by atoms with Gasteiger partial charge in [-0.1, -0.05) is 0 Å². The molecule has 31 heavy (non-hydrogen) atoms. The van der Waals surface area contributed by atoms with Crippen LogP contribution >= 0.6 is 24.0 Å². The standard InChI is InChI=1S/C19H22F2N6O3.HI/c1-3-22-19(24-11-16-25-17(27-26-16)15-5-4-8-29-15)23-10-12-9-13(28-2)6-7-14(12)30-18(20)21;/h4-9,18H,3,10-11H2,1-2H3,(H2,22,23,24)(H,25,26,27);1H. The maximum Gasteiger partial charge on any atom is 0.387 e. The molecule has 1 aromatic carbocycles. The van der Waals surface area contributed by atoms with Gasteiger partial charge in [0.05, 0.1) is 26.5 Å². The van der Waals surface area contributed by atoms with Crippen LogP contribution in [0.2, 0.25) is 0 Å². The fourth-order valence-electron chi connectivity index (χ4n) is 2.58. The number of aromatic amines is 1. The number of guanidine groups is 1. The van der Waals surface area contributed by atoms with Gasteiger partial charge in [-0.05, 0) is 37.3 Å². The number of nitrogens with one attached hydrogen (secondary N) is 3. The highest BCUT2D eigenvalue weighted by molar-refractivity contribution is 14.0. The summed E-state index contributed by atoms with van der Waals surface area (Å²) in [4.78, 5) is 8.78. The van der Waals surface area contributed by atoms with Crippen LogP contribution in [0.3, 0.4) is 0 Å². The summed E-state index contributed by atoms with van der Waals surface area (Å²) in [6.45, 7) is 0.0127. The van der Waals surface area contributed by atoms with E-state index in [2.05, 4.69) is 35.5 Å². The number of nitrogens with zero attached hydrogens (tertiary/aromatic N) is 3. The van der Waals surface area contributed by atoms with Crippen molar-refractivity contribution in [3.63, 3.8) is 0 Å². The molecule has 12 heteroatoms. The molecule has 0 aliphatic rings. The minimum atomic E-state index is -2.93. The Bertz CT molecular complexity index is 965. The van der Waals surface area contributed by atoms with Crippen molar-refractivity contribution in [1.29, 1.82) is 0 Å². The maximum atomic E-state index is 12.7. The number of methoxy groups -OCH3 is 1. The number of ether oxygens (including phenoxy) is 2. The van der Waals surface area contributed by atoms with Crippen LogP contribution < -0.4 is 20.1 Å². The first-order valence-corrected chi connectivity index (χ1v) is 9.18. The van der Waals surface area contributed by atoms with Gasteiger partial charge < -0.3 is 24.5 Å². The van der Waals surface area contributed by atoms with Gasteiger partial charge in [0.1, 0.15) is 17.3 Å². The summed E-state index contributed by atoms with van der Waals surface area (Å²) >= 11 is 0. The summed E-state index contributed by atoms with van der Waals surface area (Å²) in [5.74, 6) is 2.62. The van der Waals surface area contributed by atoms with Crippen molar-refractivity contribution in [2.75, 3.05) is 13.7 Å². The molecule has 168 valence electrons. The molecule has 9 nitrogen and oxygen atoms in total. The van der Waals surface area contributed by atoms with Crippen molar-refractivity contribution >= 4 is 29.9 Å². The Balaban J connectivity index is 0.00000341. The normalized spacial score (nSPS) is 11.2. The van der Waals surface area contributed by atoms with Gasteiger partial charge in [0.25, 0.3) is 0 Å². The summed E-state index contributed by atoms with van der Waals surface area (Å²) in [5, 5.41) is 13.1. The molecule has 2 heterocycles.